The Bertz CT molecular complexity index is 1310. The van der Waals surface area contributed by atoms with Gasteiger partial charge in [-0.25, -0.2) is 9.79 Å². The molecule has 1 unspecified atom stereocenters. The van der Waals surface area contributed by atoms with E-state index >= 15 is 0 Å². The maximum atomic E-state index is 13.6. The molecule has 3 aromatic rings. The van der Waals surface area contributed by atoms with E-state index in [0.29, 0.717) is 11.1 Å². The summed E-state index contributed by atoms with van der Waals surface area (Å²) in [7, 11) is 1.42. The van der Waals surface area contributed by atoms with Gasteiger partial charge in [0.2, 0.25) is 0 Å². The lowest BCUT2D eigenvalue weighted by Crippen LogP contribution is -2.42. The fourth-order valence-electron chi connectivity index (χ4n) is 4.11. The molecule has 34 heavy (non-hydrogen) atoms. The van der Waals surface area contributed by atoms with Crippen molar-refractivity contribution in [3.63, 3.8) is 0 Å². The number of nitrogens with zero attached hydrogens (tertiary/aromatic N) is 2. The molecule has 0 aliphatic carbocycles. The van der Waals surface area contributed by atoms with Gasteiger partial charge in [-0.05, 0) is 35.2 Å². The van der Waals surface area contributed by atoms with Crippen molar-refractivity contribution >= 4 is 17.8 Å². The zero-order chi connectivity index (χ0) is 24.7. The van der Waals surface area contributed by atoms with Crippen LogP contribution < -0.4 is 10.5 Å². The predicted molar refractivity (Wildman–Crippen MR) is 120 cm³/mol. The maximum absolute atomic E-state index is 13.6. The van der Waals surface area contributed by atoms with Crippen LogP contribution in [0.2, 0.25) is 0 Å². The molecule has 174 valence electrons. The topological polar surface area (TPSA) is 85.0 Å². The normalized spacial score (nSPS) is 18.1. The van der Waals surface area contributed by atoms with Crippen LogP contribution in [0.15, 0.2) is 77.8 Å². The number of para-hydroxylation sites is 1. The van der Waals surface area contributed by atoms with Crippen molar-refractivity contribution in [2.24, 2.45) is 10.7 Å². The van der Waals surface area contributed by atoms with Gasteiger partial charge in [0.05, 0.1) is 0 Å². The smallest absolute Gasteiger partial charge is 0.419 e. The highest BCUT2D eigenvalue weighted by Gasteiger charge is 2.52. The SMILES string of the molecule is Cc1c(-c2ccccc2)cccc1C1(c2ccccc2OC(=O)C(F)(F)F)N=C(N)N(C)C1=O. The minimum Gasteiger partial charge on any atom is -0.419 e. The van der Waals surface area contributed by atoms with E-state index in [1.165, 1.54) is 31.3 Å². The van der Waals surface area contributed by atoms with E-state index in [9.17, 15) is 22.8 Å². The van der Waals surface area contributed by atoms with Crippen LogP contribution in [0.4, 0.5) is 13.2 Å². The molecule has 2 N–H and O–H groups in total. The summed E-state index contributed by atoms with van der Waals surface area (Å²) in [6.45, 7) is 1.79. The predicted octanol–water partition coefficient (Wildman–Crippen LogP) is 4.16. The van der Waals surface area contributed by atoms with Gasteiger partial charge in [0.25, 0.3) is 5.91 Å². The molecule has 9 heteroatoms. The molecular formula is C25H20F3N3O3. The number of carbonyl (C=O) groups is 2. The molecule has 1 aliphatic heterocycles. The summed E-state index contributed by atoms with van der Waals surface area (Å²) in [4.78, 5) is 30.9. The number of likely N-dealkylation sites (N-methyl/N-ethyl adjacent to an activating group) is 1. The number of nitrogens with two attached hydrogens (primary N) is 1. The van der Waals surface area contributed by atoms with Crippen LogP contribution in [-0.4, -0.2) is 36.0 Å². The number of esters is 1. The van der Waals surface area contributed by atoms with E-state index in [2.05, 4.69) is 4.99 Å². The number of halogens is 3. The molecule has 0 fully saturated rings. The maximum Gasteiger partial charge on any atom is 0.491 e. The molecule has 0 bridgehead atoms. The van der Waals surface area contributed by atoms with Gasteiger partial charge in [-0.2, -0.15) is 13.2 Å². The molecule has 0 radical (unpaired) electrons. The molecule has 1 amide bonds. The Kier molecular flexibility index (Phi) is 5.64. The number of hydrogen-bond donors (Lipinski definition) is 1. The van der Waals surface area contributed by atoms with Gasteiger partial charge in [0.1, 0.15) is 5.75 Å². The van der Waals surface area contributed by atoms with Crippen molar-refractivity contribution in [3.8, 4) is 16.9 Å². The molecule has 1 aliphatic rings. The van der Waals surface area contributed by atoms with Gasteiger partial charge in [0.15, 0.2) is 11.5 Å². The highest BCUT2D eigenvalue weighted by molar-refractivity contribution is 6.09. The summed E-state index contributed by atoms with van der Waals surface area (Å²) >= 11 is 0. The van der Waals surface area contributed by atoms with Crippen LogP contribution in [0.1, 0.15) is 16.7 Å². The second-order valence-electron chi connectivity index (χ2n) is 7.77. The first-order valence-corrected chi connectivity index (χ1v) is 10.2. The van der Waals surface area contributed by atoms with Crippen LogP contribution in [-0.2, 0) is 15.1 Å². The highest BCUT2D eigenvalue weighted by atomic mass is 19.4. The van der Waals surface area contributed by atoms with E-state index < -0.39 is 29.3 Å². The van der Waals surface area contributed by atoms with Crippen LogP contribution in [0.3, 0.4) is 0 Å². The van der Waals surface area contributed by atoms with E-state index in [4.69, 9.17) is 10.5 Å². The summed E-state index contributed by atoms with van der Waals surface area (Å²) < 4.78 is 43.6. The quantitative estimate of drug-likeness (QED) is 0.461. The minimum absolute atomic E-state index is 0.0294. The van der Waals surface area contributed by atoms with Crippen LogP contribution in [0, 0.1) is 6.92 Å². The Hall–Kier alpha value is -4.14. The first-order chi connectivity index (χ1) is 16.1. The molecule has 0 saturated carbocycles. The summed E-state index contributed by atoms with van der Waals surface area (Å²) in [5, 5.41) is 0. The molecule has 6 nitrogen and oxygen atoms in total. The Morgan fingerprint density at radius 3 is 2.21 bits per heavy atom. The second kappa shape index (κ2) is 8.33. The van der Waals surface area contributed by atoms with E-state index in [-0.39, 0.29) is 11.5 Å². The molecule has 1 heterocycles. The highest BCUT2D eigenvalue weighted by Crippen LogP contribution is 2.46. The average molecular weight is 467 g/mol. The van der Waals surface area contributed by atoms with Crippen molar-refractivity contribution in [2.75, 3.05) is 7.05 Å². The Labute approximate surface area is 193 Å². The summed E-state index contributed by atoms with van der Waals surface area (Å²) in [6.07, 6.45) is -5.22. The summed E-state index contributed by atoms with van der Waals surface area (Å²) in [5.74, 6) is -3.55. The van der Waals surface area contributed by atoms with Gasteiger partial charge < -0.3 is 10.5 Å². The monoisotopic (exact) mass is 467 g/mol. The van der Waals surface area contributed by atoms with Crippen LogP contribution in [0.5, 0.6) is 5.75 Å². The molecule has 3 aromatic carbocycles. The molecule has 0 spiro atoms. The van der Waals surface area contributed by atoms with Crippen molar-refractivity contribution in [1.82, 2.24) is 4.90 Å². The van der Waals surface area contributed by atoms with Crippen LogP contribution >= 0.6 is 0 Å². The van der Waals surface area contributed by atoms with Gasteiger partial charge in [-0.15, -0.1) is 0 Å². The average Bonchev–Trinajstić information content (AvgIpc) is 3.04. The van der Waals surface area contributed by atoms with Crippen molar-refractivity contribution < 1.29 is 27.5 Å². The number of ether oxygens (including phenoxy) is 1. The third-order valence-electron chi connectivity index (χ3n) is 5.76. The number of aliphatic imine (C=N–C) groups is 1. The lowest BCUT2D eigenvalue weighted by molar-refractivity contribution is -0.189. The number of guanidine groups is 1. The summed E-state index contributed by atoms with van der Waals surface area (Å²) in [6, 6.07) is 20.2. The molecule has 0 aromatic heterocycles. The molecule has 4 rings (SSSR count). The minimum atomic E-state index is -5.22. The molecule has 1 atom stereocenters. The standard InChI is InChI=1S/C25H20F3N3O3/c1-15-17(16-9-4-3-5-10-16)11-8-13-18(15)24(21(32)31(2)23(29)30-24)19-12-6-7-14-20(19)34-22(33)25(26,27)28/h3-14H,1-2H3,(H2,29,30). The Morgan fingerprint density at radius 2 is 1.59 bits per heavy atom. The number of amides is 1. The molecular weight excluding hydrogens is 447 g/mol. The largest absolute Gasteiger partial charge is 0.491 e. The van der Waals surface area contributed by atoms with Crippen molar-refractivity contribution in [3.05, 3.63) is 89.5 Å². The van der Waals surface area contributed by atoms with Crippen molar-refractivity contribution in [2.45, 2.75) is 18.6 Å². The number of benzene rings is 3. The number of alkyl halides is 3. The fraction of sp³-hybridized carbons (Fsp3) is 0.160. The zero-order valence-electron chi connectivity index (χ0n) is 18.3. The lowest BCUT2D eigenvalue weighted by atomic mass is 9.78. The fourth-order valence-corrected chi connectivity index (χ4v) is 4.11. The number of hydrogen-bond acceptors (Lipinski definition) is 5. The van der Waals surface area contributed by atoms with Crippen molar-refractivity contribution in [1.29, 1.82) is 0 Å². The Morgan fingerprint density at radius 1 is 0.971 bits per heavy atom. The number of carbonyl (C=O) groups excluding carboxylic acids is 2. The van der Waals surface area contributed by atoms with E-state index in [1.54, 1.807) is 19.1 Å². The van der Waals surface area contributed by atoms with Crippen LogP contribution in [0.25, 0.3) is 11.1 Å². The summed E-state index contributed by atoms with van der Waals surface area (Å²) in [5.41, 5.74) is 6.89. The second-order valence-corrected chi connectivity index (χ2v) is 7.77. The lowest BCUT2D eigenvalue weighted by Gasteiger charge is -2.29. The first-order valence-electron chi connectivity index (χ1n) is 10.2. The number of rotatable bonds is 4. The first kappa shape index (κ1) is 23.0. The van der Waals surface area contributed by atoms with Gasteiger partial charge >= 0.3 is 12.1 Å². The van der Waals surface area contributed by atoms with Gasteiger partial charge in [-0.1, -0.05) is 66.7 Å². The van der Waals surface area contributed by atoms with Gasteiger partial charge in [0, 0.05) is 12.6 Å². The van der Waals surface area contributed by atoms with Gasteiger partial charge in [-0.3, -0.25) is 9.69 Å². The third kappa shape index (κ3) is 3.68. The zero-order valence-corrected chi connectivity index (χ0v) is 18.3. The van der Waals surface area contributed by atoms with E-state index in [1.807, 2.05) is 36.4 Å². The third-order valence-corrected chi connectivity index (χ3v) is 5.76. The van der Waals surface area contributed by atoms with E-state index in [0.717, 1.165) is 16.0 Å². The molecule has 0 saturated heterocycles. The Balaban J connectivity index is 1.99.